The van der Waals surface area contributed by atoms with E-state index < -0.39 is 0 Å². The number of pyridine rings is 1. The molecule has 20 heavy (non-hydrogen) atoms. The molecule has 0 aromatic carbocycles. The number of likely N-dealkylation sites (N-methyl/N-ethyl adjacent to an activating group) is 1. The summed E-state index contributed by atoms with van der Waals surface area (Å²) in [6.07, 6.45) is 1.69. The number of nitrogens with one attached hydrogen (secondary N) is 2. The van der Waals surface area contributed by atoms with Crippen LogP contribution in [0.1, 0.15) is 38.2 Å². The molecule has 1 aromatic heterocycles. The SMILES string of the molecule is CCNc1ccc(C(=O)NC(C)CN(CC)CC)nc1. The van der Waals surface area contributed by atoms with Crippen molar-refractivity contribution in [3.8, 4) is 0 Å². The normalized spacial score (nSPS) is 12.2. The summed E-state index contributed by atoms with van der Waals surface area (Å²) in [7, 11) is 0. The lowest BCUT2D eigenvalue weighted by Crippen LogP contribution is -2.42. The van der Waals surface area contributed by atoms with Crippen LogP contribution in [-0.2, 0) is 0 Å². The third-order valence-corrected chi connectivity index (χ3v) is 3.18. The molecule has 0 aliphatic rings. The summed E-state index contributed by atoms with van der Waals surface area (Å²) in [6.45, 7) is 12.0. The fourth-order valence-electron chi connectivity index (χ4n) is 2.05. The molecule has 2 N–H and O–H groups in total. The van der Waals surface area contributed by atoms with Crippen molar-refractivity contribution in [2.75, 3.05) is 31.5 Å². The minimum absolute atomic E-state index is 0.109. The van der Waals surface area contributed by atoms with Gasteiger partial charge >= 0.3 is 0 Å². The van der Waals surface area contributed by atoms with Crippen LogP contribution in [0, 0.1) is 0 Å². The second kappa shape index (κ2) is 8.53. The minimum Gasteiger partial charge on any atom is -0.384 e. The highest BCUT2D eigenvalue weighted by atomic mass is 16.1. The van der Waals surface area contributed by atoms with E-state index in [0.717, 1.165) is 31.9 Å². The first-order valence-electron chi connectivity index (χ1n) is 7.33. The fraction of sp³-hybridized carbons (Fsp3) is 0.600. The predicted octanol–water partition coefficient (Wildman–Crippen LogP) is 1.97. The van der Waals surface area contributed by atoms with Crippen molar-refractivity contribution in [1.29, 1.82) is 0 Å². The van der Waals surface area contributed by atoms with Crippen LogP contribution in [0.4, 0.5) is 5.69 Å². The second-order valence-corrected chi connectivity index (χ2v) is 4.82. The molecule has 0 aliphatic carbocycles. The van der Waals surface area contributed by atoms with Crippen LogP contribution < -0.4 is 10.6 Å². The van der Waals surface area contributed by atoms with Crippen molar-refractivity contribution in [3.05, 3.63) is 24.0 Å². The molecule has 0 aliphatic heterocycles. The third kappa shape index (κ3) is 5.17. The summed E-state index contributed by atoms with van der Waals surface area (Å²) in [4.78, 5) is 18.5. The number of carbonyl (C=O) groups excluding carboxylic acids is 1. The number of hydrogen-bond acceptors (Lipinski definition) is 4. The summed E-state index contributed by atoms with van der Waals surface area (Å²) in [5, 5.41) is 6.14. The summed E-state index contributed by atoms with van der Waals surface area (Å²) in [6, 6.07) is 3.73. The number of aromatic nitrogens is 1. The highest BCUT2D eigenvalue weighted by Crippen LogP contribution is 2.06. The Morgan fingerprint density at radius 2 is 2.00 bits per heavy atom. The molecule has 0 saturated carbocycles. The Morgan fingerprint density at radius 1 is 1.30 bits per heavy atom. The van der Waals surface area contributed by atoms with E-state index >= 15 is 0 Å². The zero-order valence-corrected chi connectivity index (χ0v) is 12.9. The van der Waals surface area contributed by atoms with Crippen molar-refractivity contribution in [2.45, 2.75) is 33.7 Å². The molecule has 0 bridgehead atoms. The van der Waals surface area contributed by atoms with Crippen molar-refractivity contribution >= 4 is 11.6 Å². The smallest absolute Gasteiger partial charge is 0.270 e. The molecule has 5 heteroatoms. The van der Waals surface area contributed by atoms with Gasteiger partial charge in [-0.05, 0) is 39.1 Å². The Balaban J connectivity index is 2.53. The van der Waals surface area contributed by atoms with E-state index in [1.807, 2.05) is 19.9 Å². The summed E-state index contributed by atoms with van der Waals surface area (Å²) in [5.74, 6) is -0.118. The molecule has 0 fully saturated rings. The Hall–Kier alpha value is -1.62. The zero-order valence-electron chi connectivity index (χ0n) is 12.9. The average Bonchev–Trinajstić information content (AvgIpc) is 2.45. The van der Waals surface area contributed by atoms with Crippen molar-refractivity contribution in [3.63, 3.8) is 0 Å². The Labute approximate surface area is 121 Å². The van der Waals surface area contributed by atoms with E-state index in [-0.39, 0.29) is 11.9 Å². The number of amides is 1. The molecule has 112 valence electrons. The number of rotatable bonds is 8. The van der Waals surface area contributed by atoms with Gasteiger partial charge in [-0.25, -0.2) is 4.98 Å². The van der Waals surface area contributed by atoms with Crippen molar-refractivity contribution in [1.82, 2.24) is 15.2 Å². The number of hydrogen-bond donors (Lipinski definition) is 2. The molecule has 1 unspecified atom stereocenters. The van der Waals surface area contributed by atoms with Crippen LogP contribution >= 0.6 is 0 Å². The largest absolute Gasteiger partial charge is 0.384 e. The summed E-state index contributed by atoms with van der Waals surface area (Å²) >= 11 is 0. The predicted molar refractivity (Wildman–Crippen MR) is 83.1 cm³/mol. The Kier molecular flexibility index (Phi) is 7.01. The van der Waals surface area contributed by atoms with E-state index in [0.29, 0.717) is 5.69 Å². The lowest BCUT2D eigenvalue weighted by molar-refractivity contribution is 0.0925. The molecule has 0 spiro atoms. The number of carbonyl (C=O) groups is 1. The molecular formula is C15H26N4O. The van der Waals surface area contributed by atoms with E-state index in [4.69, 9.17) is 0 Å². The van der Waals surface area contributed by atoms with Gasteiger partial charge in [0.2, 0.25) is 0 Å². The van der Waals surface area contributed by atoms with Gasteiger partial charge in [0.1, 0.15) is 5.69 Å². The van der Waals surface area contributed by atoms with Crippen LogP contribution in [0.5, 0.6) is 0 Å². The van der Waals surface area contributed by atoms with Crippen LogP contribution in [0.25, 0.3) is 0 Å². The van der Waals surface area contributed by atoms with Crippen LogP contribution in [0.3, 0.4) is 0 Å². The molecule has 1 aromatic rings. The molecule has 0 radical (unpaired) electrons. The van der Waals surface area contributed by atoms with E-state index in [1.54, 1.807) is 12.3 Å². The van der Waals surface area contributed by atoms with Crippen LogP contribution in [-0.4, -0.2) is 48.0 Å². The van der Waals surface area contributed by atoms with Gasteiger partial charge in [-0.15, -0.1) is 0 Å². The lowest BCUT2D eigenvalue weighted by Gasteiger charge is -2.23. The first kappa shape index (κ1) is 16.4. The maximum atomic E-state index is 12.1. The molecule has 1 heterocycles. The highest BCUT2D eigenvalue weighted by Gasteiger charge is 2.12. The van der Waals surface area contributed by atoms with Gasteiger partial charge in [-0.2, -0.15) is 0 Å². The van der Waals surface area contributed by atoms with Gasteiger partial charge in [0, 0.05) is 19.1 Å². The fourth-order valence-corrected chi connectivity index (χ4v) is 2.05. The first-order chi connectivity index (χ1) is 9.60. The molecule has 1 rings (SSSR count). The van der Waals surface area contributed by atoms with E-state index in [1.165, 1.54) is 0 Å². The number of nitrogens with zero attached hydrogens (tertiary/aromatic N) is 2. The quantitative estimate of drug-likeness (QED) is 0.763. The first-order valence-corrected chi connectivity index (χ1v) is 7.33. The van der Waals surface area contributed by atoms with E-state index in [2.05, 4.69) is 34.4 Å². The van der Waals surface area contributed by atoms with Gasteiger partial charge in [-0.1, -0.05) is 13.8 Å². The van der Waals surface area contributed by atoms with Gasteiger partial charge in [0.05, 0.1) is 11.9 Å². The number of anilines is 1. The molecule has 1 atom stereocenters. The third-order valence-electron chi connectivity index (χ3n) is 3.18. The lowest BCUT2D eigenvalue weighted by atomic mass is 10.2. The van der Waals surface area contributed by atoms with E-state index in [9.17, 15) is 4.79 Å². The Morgan fingerprint density at radius 3 is 2.50 bits per heavy atom. The standard InChI is InChI=1S/C15H26N4O/c1-5-16-13-8-9-14(17-10-13)15(20)18-12(4)11-19(6-2)7-3/h8-10,12,16H,5-7,11H2,1-4H3,(H,18,20). The summed E-state index contributed by atoms with van der Waals surface area (Å²) < 4.78 is 0. The minimum atomic E-state index is -0.118. The highest BCUT2D eigenvalue weighted by molar-refractivity contribution is 5.92. The summed E-state index contributed by atoms with van der Waals surface area (Å²) in [5.41, 5.74) is 1.39. The second-order valence-electron chi connectivity index (χ2n) is 4.82. The van der Waals surface area contributed by atoms with Gasteiger partial charge in [-0.3, -0.25) is 4.79 Å². The van der Waals surface area contributed by atoms with Gasteiger partial charge in [0.25, 0.3) is 5.91 Å². The maximum absolute atomic E-state index is 12.1. The molecule has 0 saturated heterocycles. The van der Waals surface area contributed by atoms with Crippen LogP contribution in [0.15, 0.2) is 18.3 Å². The van der Waals surface area contributed by atoms with Gasteiger partial charge in [0.15, 0.2) is 0 Å². The average molecular weight is 278 g/mol. The van der Waals surface area contributed by atoms with Crippen LogP contribution in [0.2, 0.25) is 0 Å². The zero-order chi connectivity index (χ0) is 15.0. The topological polar surface area (TPSA) is 57.3 Å². The van der Waals surface area contributed by atoms with Gasteiger partial charge < -0.3 is 15.5 Å². The monoisotopic (exact) mass is 278 g/mol. The van der Waals surface area contributed by atoms with Crippen molar-refractivity contribution < 1.29 is 4.79 Å². The van der Waals surface area contributed by atoms with Crippen molar-refractivity contribution in [2.24, 2.45) is 0 Å². The Bertz CT molecular complexity index is 401. The molecule has 1 amide bonds. The maximum Gasteiger partial charge on any atom is 0.270 e. The molecule has 5 nitrogen and oxygen atoms in total. The molecular weight excluding hydrogens is 252 g/mol.